The number of ether oxygens (including phenoxy) is 1. The molecule has 3 N–H and O–H groups in total. The van der Waals surface area contributed by atoms with E-state index in [4.69, 9.17) is 14.9 Å². The van der Waals surface area contributed by atoms with Crippen LogP contribution in [0.4, 0.5) is 0 Å². The smallest absolute Gasteiger partial charge is 0.339 e. The van der Waals surface area contributed by atoms with Gasteiger partial charge in [0.15, 0.2) is 0 Å². The molecule has 3 aromatic rings. The SMILES string of the molecule is O=C(O)/C=C\C(=O)O.O=C(O)c1ccccc1OCCN1CCC(C(c2ccccc2)c2ccccc2)CC1. The Bertz CT molecular complexity index is 1180. The number of hydrogen-bond acceptors (Lipinski definition) is 5. The molecule has 1 fully saturated rings. The highest BCUT2D eigenvalue weighted by Crippen LogP contribution is 2.37. The first kappa shape index (κ1) is 29.1. The first-order valence-corrected chi connectivity index (χ1v) is 12.8. The summed E-state index contributed by atoms with van der Waals surface area (Å²) in [6.07, 6.45) is 3.39. The van der Waals surface area contributed by atoms with Gasteiger partial charge in [-0.3, -0.25) is 4.90 Å². The van der Waals surface area contributed by atoms with Crippen LogP contribution in [0.1, 0.15) is 40.2 Å². The van der Waals surface area contributed by atoms with Crippen molar-refractivity contribution in [1.29, 1.82) is 0 Å². The number of likely N-dealkylation sites (tertiary alicyclic amines) is 1. The summed E-state index contributed by atoms with van der Waals surface area (Å²) >= 11 is 0. The van der Waals surface area contributed by atoms with Crippen molar-refractivity contribution in [3.05, 3.63) is 114 Å². The van der Waals surface area contributed by atoms with E-state index in [-0.39, 0.29) is 5.56 Å². The maximum Gasteiger partial charge on any atom is 0.339 e. The van der Waals surface area contributed by atoms with Crippen LogP contribution in [0.2, 0.25) is 0 Å². The van der Waals surface area contributed by atoms with Gasteiger partial charge in [-0.15, -0.1) is 0 Å². The maximum absolute atomic E-state index is 11.3. The maximum atomic E-state index is 11.3. The Hall–Kier alpha value is -4.43. The third-order valence-corrected chi connectivity index (χ3v) is 6.57. The lowest BCUT2D eigenvalue weighted by Crippen LogP contribution is -2.38. The number of hydrogen-bond donors (Lipinski definition) is 3. The largest absolute Gasteiger partial charge is 0.491 e. The fourth-order valence-electron chi connectivity index (χ4n) is 4.76. The van der Waals surface area contributed by atoms with Crippen LogP contribution in [0, 0.1) is 5.92 Å². The van der Waals surface area contributed by atoms with Crippen molar-refractivity contribution < 1.29 is 34.4 Å². The number of carbonyl (C=O) groups is 3. The van der Waals surface area contributed by atoms with Crippen molar-refractivity contribution in [2.24, 2.45) is 5.92 Å². The summed E-state index contributed by atoms with van der Waals surface area (Å²) in [6, 6.07) is 28.5. The van der Waals surface area contributed by atoms with Crippen LogP contribution in [0.25, 0.3) is 0 Å². The van der Waals surface area contributed by atoms with Gasteiger partial charge in [-0.1, -0.05) is 72.8 Å². The first-order valence-electron chi connectivity index (χ1n) is 12.8. The molecule has 0 aromatic heterocycles. The van der Waals surface area contributed by atoms with Crippen LogP contribution in [0.3, 0.4) is 0 Å². The average Bonchev–Trinajstić information content (AvgIpc) is 2.95. The number of aromatic carboxylic acids is 1. The fourth-order valence-corrected chi connectivity index (χ4v) is 4.76. The molecule has 204 valence electrons. The molecule has 1 heterocycles. The van der Waals surface area contributed by atoms with Crippen LogP contribution in [0.15, 0.2) is 97.1 Å². The highest BCUT2D eigenvalue weighted by Gasteiger charge is 2.28. The van der Waals surface area contributed by atoms with Crippen LogP contribution in [0.5, 0.6) is 5.75 Å². The van der Waals surface area contributed by atoms with Crippen molar-refractivity contribution in [2.45, 2.75) is 18.8 Å². The van der Waals surface area contributed by atoms with Gasteiger partial charge in [0.2, 0.25) is 0 Å². The van der Waals surface area contributed by atoms with Gasteiger partial charge in [0.1, 0.15) is 17.9 Å². The van der Waals surface area contributed by atoms with Gasteiger partial charge in [-0.2, -0.15) is 0 Å². The molecule has 0 radical (unpaired) electrons. The Kier molecular flexibility index (Phi) is 11.3. The van der Waals surface area contributed by atoms with Crippen LogP contribution < -0.4 is 4.74 Å². The molecular weight excluding hydrogens is 498 g/mol. The highest BCUT2D eigenvalue weighted by atomic mass is 16.5. The second kappa shape index (κ2) is 15.1. The molecule has 8 heteroatoms. The summed E-state index contributed by atoms with van der Waals surface area (Å²) in [5.41, 5.74) is 3.00. The normalized spacial score (nSPS) is 14.0. The molecule has 0 saturated carbocycles. The van der Waals surface area contributed by atoms with Gasteiger partial charge in [-0.05, 0) is 55.1 Å². The summed E-state index contributed by atoms with van der Waals surface area (Å²) in [7, 11) is 0. The third kappa shape index (κ3) is 9.43. The van der Waals surface area contributed by atoms with E-state index >= 15 is 0 Å². The van der Waals surface area contributed by atoms with Crippen molar-refractivity contribution in [2.75, 3.05) is 26.2 Å². The lowest BCUT2D eigenvalue weighted by atomic mass is 9.76. The number of benzene rings is 3. The standard InChI is InChI=1S/C27H29NO3.C4H4O4/c29-27(30)24-13-7-8-14-25(24)31-20-19-28-17-15-23(16-18-28)26(21-9-3-1-4-10-21)22-11-5-2-6-12-22;5-3(6)1-2-4(7)8/h1-14,23,26H,15-20H2,(H,29,30);1-2H,(H,5,6)(H,7,8)/b;2-1-. The van der Waals surface area contributed by atoms with E-state index in [9.17, 15) is 19.5 Å². The van der Waals surface area contributed by atoms with E-state index in [0.717, 1.165) is 32.5 Å². The number of para-hydroxylation sites is 1. The Morgan fingerprint density at radius 1 is 0.769 bits per heavy atom. The molecule has 1 saturated heterocycles. The van der Waals surface area contributed by atoms with Gasteiger partial charge >= 0.3 is 17.9 Å². The van der Waals surface area contributed by atoms with Crippen molar-refractivity contribution in [3.8, 4) is 5.75 Å². The molecule has 3 aromatic carbocycles. The third-order valence-electron chi connectivity index (χ3n) is 6.57. The summed E-state index contributed by atoms with van der Waals surface area (Å²) < 4.78 is 5.79. The van der Waals surface area contributed by atoms with E-state index in [1.54, 1.807) is 24.3 Å². The minimum Gasteiger partial charge on any atom is -0.491 e. The Balaban J connectivity index is 0.000000459. The van der Waals surface area contributed by atoms with Crippen LogP contribution in [-0.4, -0.2) is 64.4 Å². The lowest BCUT2D eigenvalue weighted by Gasteiger charge is -2.36. The molecule has 0 atom stereocenters. The molecule has 39 heavy (non-hydrogen) atoms. The zero-order valence-corrected chi connectivity index (χ0v) is 21.6. The highest BCUT2D eigenvalue weighted by molar-refractivity contribution is 5.90. The summed E-state index contributed by atoms with van der Waals surface area (Å²) in [6.45, 7) is 3.37. The van der Waals surface area contributed by atoms with Crippen molar-refractivity contribution in [3.63, 3.8) is 0 Å². The average molecular weight is 532 g/mol. The molecule has 8 nitrogen and oxygen atoms in total. The molecule has 4 rings (SSSR count). The van der Waals surface area contributed by atoms with Gasteiger partial charge in [0, 0.05) is 24.6 Å². The van der Waals surface area contributed by atoms with Gasteiger partial charge < -0.3 is 20.1 Å². The molecule has 0 aliphatic carbocycles. The number of aliphatic carboxylic acids is 2. The van der Waals surface area contributed by atoms with Gasteiger partial charge in [0.05, 0.1) is 0 Å². The number of nitrogens with zero attached hydrogens (tertiary/aromatic N) is 1. The number of rotatable bonds is 10. The Labute approximate surface area is 227 Å². The molecule has 0 amide bonds. The molecule has 0 bridgehead atoms. The number of carboxylic acid groups (broad SMARTS) is 3. The van der Waals surface area contributed by atoms with Crippen molar-refractivity contribution >= 4 is 17.9 Å². The predicted octanol–water partition coefficient (Wildman–Crippen LogP) is 5.02. The first-order chi connectivity index (χ1) is 18.8. The summed E-state index contributed by atoms with van der Waals surface area (Å²) in [4.78, 5) is 32.9. The second-order valence-electron chi connectivity index (χ2n) is 9.14. The zero-order chi connectivity index (χ0) is 28.0. The number of piperidine rings is 1. The lowest BCUT2D eigenvalue weighted by molar-refractivity contribution is -0.134. The fraction of sp³-hybridized carbons (Fsp3) is 0.258. The number of carboxylic acids is 3. The molecule has 1 aliphatic rings. The second-order valence-corrected chi connectivity index (χ2v) is 9.14. The van der Waals surface area contributed by atoms with Gasteiger partial charge in [0.25, 0.3) is 0 Å². The van der Waals surface area contributed by atoms with E-state index in [1.807, 2.05) is 0 Å². The molecule has 0 spiro atoms. The van der Waals surface area contributed by atoms with Crippen LogP contribution in [-0.2, 0) is 9.59 Å². The summed E-state index contributed by atoms with van der Waals surface area (Å²) in [5.74, 6) is -2.00. The Morgan fingerprint density at radius 2 is 1.26 bits per heavy atom. The monoisotopic (exact) mass is 531 g/mol. The molecule has 0 unspecified atom stereocenters. The van der Waals surface area contributed by atoms with E-state index in [0.29, 0.717) is 36.3 Å². The Morgan fingerprint density at radius 3 is 1.74 bits per heavy atom. The minimum absolute atomic E-state index is 0.217. The molecular formula is C31H33NO7. The molecule has 1 aliphatic heterocycles. The van der Waals surface area contributed by atoms with Crippen molar-refractivity contribution in [1.82, 2.24) is 4.90 Å². The van der Waals surface area contributed by atoms with Crippen LogP contribution >= 0.6 is 0 Å². The van der Waals surface area contributed by atoms with E-state index in [1.165, 1.54) is 11.1 Å². The van der Waals surface area contributed by atoms with Gasteiger partial charge in [-0.25, -0.2) is 14.4 Å². The van der Waals surface area contributed by atoms with E-state index in [2.05, 4.69) is 65.6 Å². The van der Waals surface area contributed by atoms with E-state index < -0.39 is 17.9 Å². The minimum atomic E-state index is -1.26. The predicted molar refractivity (Wildman–Crippen MR) is 147 cm³/mol. The quantitative estimate of drug-likeness (QED) is 0.312. The summed E-state index contributed by atoms with van der Waals surface area (Å²) in [5, 5.41) is 24.9. The zero-order valence-electron chi connectivity index (χ0n) is 21.6. The topological polar surface area (TPSA) is 124 Å².